The van der Waals surface area contributed by atoms with E-state index >= 15 is 0 Å². The molecule has 0 spiro atoms. The number of hydrogen-bond donors (Lipinski definition) is 1. The minimum absolute atomic E-state index is 0.479. The van der Waals surface area contributed by atoms with Gasteiger partial charge in [-0.25, -0.2) is 0 Å². The number of pyridine rings is 1. The van der Waals surface area contributed by atoms with Gasteiger partial charge in [0.2, 0.25) is 0 Å². The highest BCUT2D eigenvalue weighted by Gasteiger charge is 2.12. The highest BCUT2D eigenvalue weighted by atomic mass is 32.1. The Hall–Kier alpha value is -1.71. The molecule has 0 saturated carbocycles. The number of nitrogens with zero attached hydrogens (tertiary/aromatic N) is 1. The molecule has 1 atom stereocenters. The smallest absolute Gasteiger partial charge is 0.0837 e. The molecule has 0 aliphatic rings. The molecule has 3 heteroatoms. The van der Waals surface area contributed by atoms with E-state index in [4.69, 9.17) is 0 Å². The molecule has 1 aromatic carbocycles. The van der Waals surface area contributed by atoms with E-state index in [2.05, 4.69) is 16.4 Å². The first kappa shape index (κ1) is 11.4. The average Bonchev–Trinajstić information content (AvgIpc) is 2.91. The predicted octanol–water partition coefficient (Wildman–Crippen LogP) is 3.57. The summed E-state index contributed by atoms with van der Waals surface area (Å²) in [5, 5.41) is 16.6. The SMILES string of the molecule is OC(Cc1ccsc1)c1cccc2ccncc12. The third-order valence-electron chi connectivity index (χ3n) is 3.09. The van der Waals surface area contributed by atoms with Gasteiger partial charge in [-0.2, -0.15) is 11.3 Å². The van der Waals surface area contributed by atoms with Crippen molar-refractivity contribution in [3.63, 3.8) is 0 Å². The Labute approximate surface area is 110 Å². The lowest BCUT2D eigenvalue weighted by Gasteiger charge is -2.12. The van der Waals surface area contributed by atoms with Gasteiger partial charge in [0.15, 0.2) is 0 Å². The van der Waals surface area contributed by atoms with E-state index in [1.54, 1.807) is 17.5 Å². The van der Waals surface area contributed by atoms with Crippen LogP contribution in [0.5, 0.6) is 0 Å². The van der Waals surface area contributed by atoms with Crippen molar-refractivity contribution in [3.05, 3.63) is 64.6 Å². The van der Waals surface area contributed by atoms with Gasteiger partial charge >= 0.3 is 0 Å². The second-order valence-corrected chi connectivity index (χ2v) is 5.08. The zero-order valence-electron chi connectivity index (χ0n) is 9.78. The van der Waals surface area contributed by atoms with Crippen LogP contribution >= 0.6 is 11.3 Å². The monoisotopic (exact) mass is 255 g/mol. The Balaban J connectivity index is 1.98. The van der Waals surface area contributed by atoms with Crippen molar-refractivity contribution in [2.75, 3.05) is 0 Å². The largest absolute Gasteiger partial charge is 0.388 e. The Bertz CT molecular complexity index is 643. The maximum atomic E-state index is 10.4. The molecule has 0 bridgehead atoms. The molecular weight excluding hydrogens is 242 g/mol. The van der Waals surface area contributed by atoms with Crippen LogP contribution < -0.4 is 0 Å². The first-order valence-corrected chi connectivity index (χ1v) is 6.80. The van der Waals surface area contributed by atoms with Crippen molar-refractivity contribution in [1.29, 1.82) is 0 Å². The molecule has 2 nitrogen and oxygen atoms in total. The number of aromatic nitrogens is 1. The van der Waals surface area contributed by atoms with Gasteiger partial charge in [-0.3, -0.25) is 4.98 Å². The summed E-state index contributed by atoms with van der Waals surface area (Å²) in [5.74, 6) is 0. The summed E-state index contributed by atoms with van der Waals surface area (Å²) in [6.07, 6.45) is 3.77. The van der Waals surface area contributed by atoms with Crippen LogP contribution in [-0.4, -0.2) is 10.1 Å². The maximum Gasteiger partial charge on any atom is 0.0837 e. The number of aliphatic hydroxyl groups is 1. The second kappa shape index (κ2) is 4.88. The Morgan fingerprint density at radius 3 is 3.00 bits per heavy atom. The number of thiophene rings is 1. The van der Waals surface area contributed by atoms with Gasteiger partial charge in [-0.15, -0.1) is 0 Å². The van der Waals surface area contributed by atoms with Crippen molar-refractivity contribution in [1.82, 2.24) is 4.98 Å². The van der Waals surface area contributed by atoms with Gasteiger partial charge < -0.3 is 5.11 Å². The molecule has 3 aromatic rings. The molecule has 2 aromatic heterocycles. The molecule has 2 heterocycles. The summed E-state index contributed by atoms with van der Waals surface area (Å²) in [6.45, 7) is 0. The molecule has 0 radical (unpaired) electrons. The van der Waals surface area contributed by atoms with Crippen LogP contribution in [0.3, 0.4) is 0 Å². The normalized spacial score (nSPS) is 12.7. The zero-order chi connectivity index (χ0) is 12.4. The molecule has 0 amide bonds. The number of aliphatic hydroxyl groups excluding tert-OH is 1. The van der Waals surface area contributed by atoms with Crippen molar-refractivity contribution >= 4 is 22.1 Å². The average molecular weight is 255 g/mol. The zero-order valence-corrected chi connectivity index (χ0v) is 10.6. The van der Waals surface area contributed by atoms with Crippen LogP contribution in [0.1, 0.15) is 17.2 Å². The topological polar surface area (TPSA) is 33.1 Å². The molecular formula is C15H13NOS. The molecule has 1 N–H and O–H groups in total. The fourth-order valence-electron chi connectivity index (χ4n) is 2.17. The minimum atomic E-state index is -0.479. The van der Waals surface area contributed by atoms with Crippen LogP contribution in [0, 0.1) is 0 Å². The molecule has 0 saturated heterocycles. The fourth-order valence-corrected chi connectivity index (χ4v) is 2.85. The second-order valence-electron chi connectivity index (χ2n) is 4.30. The summed E-state index contributed by atoms with van der Waals surface area (Å²) in [7, 11) is 0. The lowest BCUT2D eigenvalue weighted by molar-refractivity contribution is 0.180. The van der Waals surface area contributed by atoms with Crippen LogP contribution in [0.15, 0.2) is 53.5 Å². The maximum absolute atomic E-state index is 10.4. The van der Waals surface area contributed by atoms with E-state index in [1.807, 2.05) is 35.8 Å². The van der Waals surface area contributed by atoms with Gasteiger partial charge in [0.25, 0.3) is 0 Å². The Morgan fingerprint density at radius 2 is 2.17 bits per heavy atom. The Kier molecular flexibility index (Phi) is 3.09. The van der Waals surface area contributed by atoms with Crippen molar-refractivity contribution in [3.8, 4) is 0 Å². The van der Waals surface area contributed by atoms with E-state index < -0.39 is 6.10 Å². The van der Waals surface area contributed by atoms with Gasteiger partial charge in [-0.05, 0) is 39.4 Å². The lowest BCUT2D eigenvalue weighted by Crippen LogP contribution is -2.01. The van der Waals surface area contributed by atoms with Gasteiger partial charge in [-0.1, -0.05) is 18.2 Å². The Morgan fingerprint density at radius 1 is 1.22 bits per heavy atom. The molecule has 1 unspecified atom stereocenters. The summed E-state index contributed by atoms with van der Waals surface area (Å²) in [4.78, 5) is 4.14. The fraction of sp³-hybridized carbons (Fsp3) is 0.133. The van der Waals surface area contributed by atoms with Crippen molar-refractivity contribution < 1.29 is 5.11 Å². The highest BCUT2D eigenvalue weighted by molar-refractivity contribution is 7.07. The van der Waals surface area contributed by atoms with Crippen LogP contribution in [-0.2, 0) is 6.42 Å². The molecule has 3 rings (SSSR count). The molecule has 0 aliphatic carbocycles. The molecule has 90 valence electrons. The van der Waals surface area contributed by atoms with E-state index in [0.717, 1.165) is 16.3 Å². The summed E-state index contributed by atoms with van der Waals surface area (Å²) >= 11 is 1.66. The third kappa shape index (κ3) is 2.15. The number of rotatable bonds is 3. The van der Waals surface area contributed by atoms with Crippen LogP contribution in [0.25, 0.3) is 10.8 Å². The first-order valence-electron chi connectivity index (χ1n) is 5.86. The summed E-state index contributed by atoms with van der Waals surface area (Å²) < 4.78 is 0. The van der Waals surface area contributed by atoms with E-state index in [-0.39, 0.29) is 0 Å². The summed E-state index contributed by atoms with van der Waals surface area (Å²) in [6, 6.07) is 10.0. The van der Waals surface area contributed by atoms with Crippen LogP contribution in [0.2, 0.25) is 0 Å². The number of fused-ring (bicyclic) bond motifs is 1. The third-order valence-corrected chi connectivity index (χ3v) is 3.82. The highest BCUT2D eigenvalue weighted by Crippen LogP contribution is 2.26. The van der Waals surface area contributed by atoms with Gasteiger partial charge in [0.1, 0.15) is 0 Å². The van der Waals surface area contributed by atoms with Gasteiger partial charge in [0, 0.05) is 24.2 Å². The molecule has 18 heavy (non-hydrogen) atoms. The summed E-state index contributed by atoms with van der Waals surface area (Å²) in [5.41, 5.74) is 2.13. The van der Waals surface area contributed by atoms with Crippen LogP contribution in [0.4, 0.5) is 0 Å². The van der Waals surface area contributed by atoms with E-state index in [1.165, 1.54) is 5.56 Å². The number of benzene rings is 1. The number of hydrogen-bond acceptors (Lipinski definition) is 3. The molecule has 0 fully saturated rings. The van der Waals surface area contributed by atoms with E-state index in [9.17, 15) is 5.11 Å². The molecule has 0 aliphatic heterocycles. The van der Waals surface area contributed by atoms with Crippen molar-refractivity contribution in [2.24, 2.45) is 0 Å². The standard InChI is InChI=1S/C15H13NOS/c17-15(8-11-5-7-18-10-11)13-3-1-2-12-4-6-16-9-14(12)13/h1-7,9-10,15,17H,8H2. The minimum Gasteiger partial charge on any atom is -0.388 e. The first-order chi connectivity index (χ1) is 8.84. The quantitative estimate of drug-likeness (QED) is 0.776. The lowest BCUT2D eigenvalue weighted by atomic mass is 9.98. The van der Waals surface area contributed by atoms with Gasteiger partial charge in [0.05, 0.1) is 6.10 Å². The van der Waals surface area contributed by atoms with E-state index in [0.29, 0.717) is 6.42 Å². The van der Waals surface area contributed by atoms with Crippen molar-refractivity contribution in [2.45, 2.75) is 12.5 Å². The predicted molar refractivity (Wildman–Crippen MR) is 74.7 cm³/mol.